The van der Waals surface area contributed by atoms with Crippen LogP contribution in [0.15, 0.2) is 77.7 Å². The second-order valence-corrected chi connectivity index (χ2v) is 11.3. The van der Waals surface area contributed by atoms with Crippen LogP contribution in [0.25, 0.3) is 0 Å². The molecule has 37 heavy (non-hydrogen) atoms. The maximum atomic E-state index is 13.8. The Balaban J connectivity index is 1.50. The summed E-state index contributed by atoms with van der Waals surface area (Å²) in [7, 11) is -2.21. The number of carbonyl (C=O) groups excluding carboxylic acids is 1. The number of aryl methyl sites for hydroxylation is 2. The number of benzene rings is 3. The molecule has 0 spiro atoms. The number of carbonyl (C=O) groups is 1. The van der Waals surface area contributed by atoms with Crippen molar-refractivity contribution in [1.29, 1.82) is 0 Å². The van der Waals surface area contributed by atoms with Gasteiger partial charge in [-0.1, -0.05) is 54.6 Å². The number of para-hydroxylation sites is 2. The third-order valence-corrected chi connectivity index (χ3v) is 8.81. The number of piperazine rings is 1. The molecule has 3 aromatic carbocycles. The Labute approximate surface area is 220 Å². The Morgan fingerprint density at radius 3 is 2.30 bits per heavy atom. The van der Waals surface area contributed by atoms with E-state index < -0.39 is 10.0 Å². The summed E-state index contributed by atoms with van der Waals surface area (Å²) in [5.74, 6) is 0.621. The molecule has 1 amide bonds. The van der Waals surface area contributed by atoms with Crippen molar-refractivity contribution >= 4 is 21.6 Å². The van der Waals surface area contributed by atoms with E-state index in [2.05, 4.69) is 4.90 Å². The second-order valence-electron chi connectivity index (χ2n) is 9.38. The third-order valence-electron chi connectivity index (χ3n) is 6.82. The van der Waals surface area contributed by atoms with Gasteiger partial charge in [0.15, 0.2) is 0 Å². The molecule has 0 radical (unpaired) electrons. The van der Waals surface area contributed by atoms with E-state index in [0.717, 1.165) is 22.6 Å². The van der Waals surface area contributed by atoms with E-state index in [-0.39, 0.29) is 23.9 Å². The number of sulfonamides is 1. The molecule has 1 saturated heterocycles. The summed E-state index contributed by atoms with van der Waals surface area (Å²) in [5, 5.41) is 0. The molecule has 7 nitrogen and oxygen atoms in total. The molecule has 0 saturated carbocycles. The molecule has 0 aromatic heterocycles. The Kier molecular flexibility index (Phi) is 8.51. The molecular weight excluding hydrogens is 486 g/mol. The highest BCUT2D eigenvalue weighted by Gasteiger charge is 2.31. The highest BCUT2D eigenvalue weighted by molar-refractivity contribution is 7.89. The Morgan fingerprint density at radius 2 is 1.59 bits per heavy atom. The number of hydrogen-bond acceptors (Lipinski definition) is 5. The monoisotopic (exact) mass is 521 g/mol. The fraction of sp³-hybridized carbons (Fsp3) is 0.345. The molecule has 1 fully saturated rings. The first kappa shape index (κ1) is 26.7. The molecule has 1 heterocycles. The molecular formula is C29H35N3O4S. The predicted molar refractivity (Wildman–Crippen MR) is 147 cm³/mol. The molecule has 0 atom stereocenters. The van der Waals surface area contributed by atoms with Crippen LogP contribution in [0, 0.1) is 13.8 Å². The topological polar surface area (TPSA) is 70.2 Å². The van der Waals surface area contributed by atoms with Crippen molar-refractivity contribution in [2.45, 2.75) is 25.2 Å². The van der Waals surface area contributed by atoms with Gasteiger partial charge >= 0.3 is 0 Å². The smallest absolute Gasteiger partial charge is 0.243 e. The van der Waals surface area contributed by atoms with Gasteiger partial charge in [0.1, 0.15) is 5.75 Å². The Morgan fingerprint density at radius 1 is 0.919 bits per heavy atom. The highest BCUT2D eigenvalue weighted by atomic mass is 32.2. The molecule has 0 bridgehead atoms. The van der Waals surface area contributed by atoms with Crippen molar-refractivity contribution in [1.82, 2.24) is 9.21 Å². The normalized spacial score (nSPS) is 14.2. The minimum Gasteiger partial charge on any atom is -0.495 e. The Hall–Kier alpha value is -3.36. The fourth-order valence-electron chi connectivity index (χ4n) is 4.65. The number of rotatable bonds is 9. The van der Waals surface area contributed by atoms with Gasteiger partial charge in [-0.05, 0) is 55.2 Å². The number of ether oxygens (including phenoxy) is 1. The first-order valence-corrected chi connectivity index (χ1v) is 14.0. The SMILES string of the molecule is COc1ccccc1N1CCN(C(=O)CN(CCc2ccccc2)S(=O)(=O)c2cc(C)ccc2C)CC1. The number of methoxy groups -OCH3 is 1. The van der Waals surface area contributed by atoms with Crippen LogP contribution in [0.5, 0.6) is 5.75 Å². The summed E-state index contributed by atoms with van der Waals surface area (Å²) in [5.41, 5.74) is 3.57. The van der Waals surface area contributed by atoms with Crippen molar-refractivity contribution in [3.8, 4) is 5.75 Å². The lowest BCUT2D eigenvalue weighted by Crippen LogP contribution is -2.52. The van der Waals surface area contributed by atoms with Gasteiger partial charge in [-0.2, -0.15) is 4.31 Å². The standard InChI is InChI=1S/C29H35N3O4S/c1-23-13-14-24(2)28(21-23)37(34,35)32(16-15-25-9-5-4-6-10-25)22-29(33)31-19-17-30(18-20-31)26-11-7-8-12-27(26)36-3/h4-14,21H,15-20,22H2,1-3H3. The van der Waals surface area contributed by atoms with Gasteiger partial charge < -0.3 is 14.5 Å². The minimum atomic E-state index is -3.86. The second kappa shape index (κ2) is 11.8. The van der Waals surface area contributed by atoms with Gasteiger partial charge in [-0.25, -0.2) is 8.42 Å². The summed E-state index contributed by atoms with van der Waals surface area (Å²) in [6.45, 7) is 6.06. The average Bonchev–Trinajstić information content (AvgIpc) is 2.92. The van der Waals surface area contributed by atoms with Crippen molar-refractivity contribution < 1.29 is 17.9 Å². The zero-order valence-corrected chi connectivity index (χ0v) is 22.6. The van der Waals surface area contributed by atoms with Crippen LogP contribution in [0.4, 0.5) is 5.69 Å². The van der Waals surface area contributed by atoms with Crippen LogP contribution >= 0.6 is 0 Å². The summed E-state index contributed by atoms with van der Waals surface area (Å²) < 4.78 is 34.4. The third kappa shape index (κ3) is 6.32. The summed E-state index contributed by atoms with van der Waals surface area (Å²) in [6.07, 6.45) is 0.528. The first-order chi connectivity index (χ1) is 17.8. The van der Waals surface area contributed by atoms with Crippen molar-refractivity contribution in [3.05, 3.63) is 89.5 Å². The highest BCUT2D eigenvalue weighted by Crippen LogP contribution is 2.28. The fourth-order valence-corrected chi connectivity index (χ4v) is 6.35. The van der Waals surface area contributed by atoms with Crippen LogP contribution in [-0.4, -0.2) is 69.9 Å². The van der Waals surface area contributed by atoms with E-state index in [4.69, 9.17) is 4.74 Å². The van der Waals surface area contributed by atoms with Crippen molar-refractivity contribution in [3.63, 3.8) is 0 Å². The summed E-state index contributed by atoms with van der Waals surface area (Å²) in [4.78, 5) is 17.6. The maximum absolute atomic E-state index is 13.8. The molecule has 1 aliphatic rings. The van der Waals surface area contributed by atoms with E-state index in [0.29, 0.717) is 38.2 Å². The molecule has 8 heteroatoms. The molecule has 3 aromatic rings. The average molecular weight is 522 g/mol. The van der Waals surface area contributed by atoms with Gasteiger partial charge in [0.05, 0.1) is 24.2 Å². The lowest BCUT2D eigenvalue weighted by Gasteiger charge is -2.37. The number of hydrogen-bond donors (Lipinski definition) is 0. The van der Waals surface area contributed by atoms with E-state index in [9.17, 15) is 13.2 Å². The van der Waals surface area contributed by atoms with E-state index >= 15 is 0 Å². The van der Waals surface area contributed by atoms with Crippen LogP contribution in [-0.2, 0) is 21.2 Å². The molecule has 0 N–H and O–H groups in total. The van der Waals surface area contributed by atoms with Crippen LogP contribution in [0.2, 0.25) is 0 Å². The molecule has 4 rings (SSSR count). The van der Waals surface area contributed by atoms with Gasteiger partial charge in [-0.15, -0.1) is 0 Å². The van der Waals surface area contributed by atoms with E-state index in [1.54, 1.807) is 25.0 Å². The maximum Gasteiger partial charge on any atom is 0.243 e. The van der Waals surface area contributed by atoms with Crippen LogP contribution in [0.1, 0.15) is 16.7 Å². The van der Waals surface area contributed by atoms with Gasteiger partial charge in [0.2, 0.25) is 15.9 Å². The minimum absolute atomic E-state index is 0.179. The van der Waals surface area contributed by atoms with Crippen LogP contribution in [0.3, 0.4) is 0 Å². The summed E-state index contributed by atoms with van der Waals surface area (Å²) >= 11 is 0. The lowest BCUT2D eigenvalue weighted by molar-refractivity contribution is -0.131. The number of amides is 1. The van der Waals surface area contributed by atoms with Gasteiger partial charge in [0.25, 0.3) is 0 Å². The van der Waals surface area contributed by atoms with Crippen molar-refractivity contribution in [2.75, 3.05) is 51.3 Å². The number of nitrogens with zero attached hydrogens (tertiary/aromatic N) is 3. The van der Waals surface area contributed by atoms with E-state index in [1.165, 1.54) is 4.31 Å². The van der Waals surface area contributed by atoms with Gasteiger partial charge in [-0.3, -0.25) is 4.79 Å². The quantitative estimate of drug-likeness (QED) is 0.427. The molecule has 0 aliphatic carbocycles. The largest absolute Gasteiger partial charge is 0.495 e. The number of anilines is 1. The first-order valence-electron chi connectivity index (χ1n) is 12.6. The van der Waals surface area contributed by atoms with Crippen LogP contribution < -0.4 is 9.64 Å². The zero-order chi connectivity index (χ0) is 26.4. The molecule has 1 aliphatic heterocycles. The van der Waals surface area contributed by atoms with Crippen molar-refractivity contribution in [2.24, 2.45) is 0 Å². The Bertz CT molecular complexity index is 1320. The zero-order valence-electron chi connectivity index (χ0n) is 21.8. The summed E-state index contributed by atoms with van der Waals surface area (Å²) in [6, 6.07) is 23.0. The predicted octanol–water partition coefficient (Wildman–Crippen LogP) is 3.89. The molecule has 196 valence electrons. The lowest BCUT2D eigenvalue weighted by atomic mass is 10.1. The van der Waals surface area contributed by atoms with Gasteiger partial charge in [0, 0.05) is 32.7 Å². The molecule has 0 unspecified atom stereocenters. The van der Waals surface area contributed by atoms with E-state index in [1.807, 2.05) is 73.7 Å².